The fraction of sp³-hybridized carbons (Fsp3) is 0.667. The third-order valence-corrected chi connectivity index (χ3v) is 4.73. The molecule has 1 aromatic carbocycles. The molecule has 0 radical (unpaired) electrons. The van der Waals surface area contributed by atoms with Gasteiger partial charge in [-0.3, -0.25) is 0 Å². The molecular weight excluding hydrogens is 268 g/mol. The molecule has 0 aromatic heterocycles. The Bertz CT molecular complexity index is 381. The molecule has 0 heterocycles. The summed E-state index contributed by atoms with van der Waals surface area (Å²) in [5.41, 5.74) is 2.70. The average Bonchev–Trinajstić information content (AvgIpc) is 2.43. The van der Waals surface area contributed by atoms with Crippen molar-refractivity contribution in [1.29, 1.82) is 0 Å². The third kappa shape index (κ3) is 4.49. The van der Waals surface area contributed by atoms with E-state index in [2.05, 4.69) is 38.1 Å². The Balaban J connectivity index is 1.76. The van der Waals surface area contributed by atoms with E-state index in [0.29, 0.717) is 6.10 Å². The highest BCUT2D eigenvalue weighted by atomic mass is 35.5. The Morgan fingerprint density at radius 1 is 1.20 bits per heavy atom. The van der Waals surface area contributed by atoms with Gasteiger partial charge >= 0.3 is 0 Å². The molecule has 1 fully saturated rings. The molecule has 1 unspecified atom stereocenters. The molecule has 2 rings (SSSR count). The van der Waals surface area contributed by atoms with Crippen LogP contribution in [-0.4, -0.2) is 12.7 Å². The molecule has 0 spiro atoms. The molecule has 2 heteroatoms. The molecule has 1 saturated carbocycles. The zero-order valence-electron chi connectivity index (χ0n) is 12.8. The average molecular weight is 295 g/mol. The van der Waals surface area contributed by atoms with Gasteiger partial charge in [-0.2, -0.15) is 0 Å². The molecular formula is C18H27ClO. The highest BCUT2D eigenvalue weighted by Gasteiger charge is 2.31. The van der Waals surface area contributed by atoms with Crippen LogP contribution in [0.15, 0.2) is 24.3 Å². The zero-order chi connectivity index (χ0) is 14.4. The first-order chi connectivity index (χ1) is 9.72. The van der Waals surface area contributed by atoms with Gasteiger partial charge in [-0.05, 0) is 56.1 Å². The van der Waals surface area contributed by atoms with E-state index in [0.717, 1.165) is 18.9 Å². The fourth-order valence-corrected chi connectivity index (χ4v) is 3.34. The van der Waals surface area contributed by atoms with Crippen LogP contribution in [0.4, 0.5) is 0 Å². The number of alkyl halides is 1. The van der Waals surface area contributed by atoms with E-state index in [9.17, 15) is 0 Å². The maximum absolute atomic E-state index is 6.55. The second kappa shape index (κ2) is 8.05. The molecule has 1 atom stereocenters. The normalized spacial score (nSPS) is 23.4. The highest BCUT2D eigenvalue weighted by molar-refractivity contribution is 6.20. The summed E-state index contributed by atoms with van der Waals surface area (Å²) >= 11 is 6.55. The Morgan fingerprint density at radius 2 is 1.90 bits per heavy atom. The quantitative estimate of drug-likeness (QED) is 0.574. The maximum atomic E-state index is 6.55. The van der Waals surface area contributed by atoms with Crippen LogP contribution in [-0.2, 0) is 11.2 Å². The van der Waals surface area contributed by atoms with Crippen molar-refractivity contribution >= 4 is 11.6 Å². The van der Waals surface area contributed by atoms with Crippen LogP contribution >= 0.6 is 11.6 Å². The van der Waals surface area contributed by atoms with Gasteiger partial charge in [-0.1, -0.05) is 37.6 Å². The molecule has 20 heavy (non-hydrogen) atoms. The van der Waals surface area contributed by atoms with E-state index < -0.39 is 0 Å². The second-order valence-electron chi connectivity index (χ2n) is 5.96. The minimum atomic E-state index is 0.155. The predicted octanol–water partition coefficient (Wildman–Crippen LogP) is 5.51. The van der Waals surface area contributed by atoms with Crippen molar-refractivity contribution in [3.8, 4) is 0 Å². The minimum Gasteiger partial charge on any atom is -0.378 e. The number of ether oxygens (including phenoxy) is 1. The van der Waals surface area contributed by atoms with Crippen molar-refractivity contribution < 1.29 is 4.74 Å². The number of hydrogen-bond donors (Lipinski definition) is 0. The Labute approximate surface area is 128 Å². The van der Waals surface area contributed by atoms with E-state index in [-0.39, 0.29) is 5.38 Å². The molecule has 0 N–H and O–H groups in total. The summed E-state index contributed by atoms with van der Waals surface area (Å²) in [7, 11) is 0. The summed E-state index contributed by atoms with van der Waals surface area (Å²) in [6, 6.07) is 8.90. The van der Waals surface area contributed by atoms with Gasteiger partial charge in [0.2, 0.25) is 0 Å². The number of benzene rings is 1. The van der Waals surface area contributed by atoms with Gasteiger partial charge < -0.3 is 4.74 Å². The van der Waals surface area contributed by atoms with Gasteiger partial charge in [0, 0.05) is 6.61 Å². The number of hydrogen-bond acceptors (Lipinski definition) is 1. The van der Waals surface area contributed by atoms with Crippen molar-refractivity contribution in [2.24, 2.45) is 5.92 Å². The van der Waals surface area contributed by atoms with E-state index in [1.165, 1.54) is 43.2 Å². The summed E-state index contributed by atoms with van der Waals surface area (Å²) in [5, 5.41) is 0.155. The van der Waals surface area contributed by atoms with Crippen molar-refractivity contribution in [2.45, 2.75) is 63.9 Å². The summed E-state index contributed by atoms with van der Waals surface area (Å²) in [5.74, 6) is 0.744. The van der Waals surface area contributed by atoms with Crippen LogP contribution in [0, 0.1) is 5.92 Å². The van der Waals surface area contributed by atoms with Gasteiger partial charge in [-0.15, -0.1) is 11.6 Å². The maximum Gasteiger partial charge on any atom is 0.0587 e. The van der Waals surface area contributed by atoms with E-state index >= 15 is 0 Å². The molecule has 1 nitrogen and oxygen atoms in total. The van der Waals surface area contributed by atoms with Crippen LogP contribution in [0.5, 0.6) is 0 Å². The highest BCUT2D eigenvalue weighted by Crippen LogP contribution is 2.39. The lowest BCUT2D eigenvalue weighted by Crippen LogP contribution is -2.31. The first kappa shape index (κ1) is 15.9. The third-order valence-electron chi connectivity index (χ3n) is 4.30. The Morgan fingerprint density at radius 3 is 2.50 bits per heavy atom. The SMILES string of the molecule is CCCCc1ccc(C(Cl)CC2CC(OCC)C2)cc1. The summed E-state index contributed by atoms with van der Waals surface area (Å²) < 4.78 is 5.61. The molecule has 1 aromatic rings. The van der Waals surface area contributed by atoms with Crippen LogP contribution in [0.25, 0.3) is 0 Å². The second-order valence-corrected chi connectivity index (χ2v) is 6.49. The van der Waals surface area contributed by atoms with Gasteiger partial charge in [-0.25, -0.2) is 0 Å². The topological polar surface area (TPSA) is 9.23 Å². The summed E-state index contributed by atoms with van der Waals surface area (Å²) in [6.45, 7) is 5.13. The minimum absolute atomic E-state index is 0.155. The molecule has 1 aliphatic rings. The van der Waals surface area contributed by atoms with Crippen LogP contribution in [0.2, 0.25) is 0 Å². The molecule has 112 valence electrons. The van der Waals surface area contributed by atoms with Crippen molar-refractivity contribution in [3.63, 3.8) is 0 Å². The number of halogens is 1. The van der Waals surface area contributed by atoms with Crippen molar-refractivity contribution in [2.75, 3.05) is 6.61 Å². The van der Waals surface area contributed by atoms with Gasteiger partial charge in [0.25, 0.3) is 0 Å². The lowest BCUT2D eigenvalue weighted by Gasteiger charge is -2.36. The monoisotopic (exact) mass is 294 g/mol. The number of aryl methyl sites for hydroxylation is 1. The largest absolute Gasteiger partial charge is 0.378 e. The molecule has 1 aliphatic carbocycles. The number of rotatable bonds is 8. The molecule has 0 saturated heterocycles. The predicted molar refractivity (Wildman–Crippen MR) is 86.4 cm³/mol. The van der Waals surface area contributed by atoms with Crippen LogP contribution in [0.1, 0.15) is 62.5 Å². The number of unbranched alkanes of at least 4 members (excludes halogenated alkanes) is 1. The smallest absolute Gasteiger partial charge is 0.0587 e. The standard InChI is InChI=1S/C18H27ClO/c1-3-5-6-14-7-9-16(10-8-14)18(19)13-15-11-17(12-15)20-4-2/h7-10,15,17-18H,3-6,11-13H2,1-2H3. The Hall–Kier alpha value is -0.530. The lowest BCUT2D eigenvalue weighted by molar-refractivity contribution is -0.0267. The van der Waals surface area contributed by atoms with E-state index in [1.807, 2.05) is 0 Å². The fourth-order valence-electron chi connectivity index (χ4n) is 2.94. The zero-order valence-corrected chi connectivity index (χ0v) is 13.5. The summed E-state index contributed by atoms with van der Waals surface area (Å²) in [6.07, 6.45) is 7.65. The van der Waals surface area contributed by atoms with Gasteiger partial charge in [0.15, 0.2) is 0 Å². The van der Waals surface area contributed by atoms with Crippen molar-refractivity contribution in [1.82, 2.24) is 0 Å². The molecule has 0 amide bonds. The van der Waals surface area contributed by atoms with Crippen molar-refractivity contribution in [3.05, 3.63) is 35.4 Å². The van der Waals surface area contributed by atoms with E-state index in [4.69, 9.17) is 16.3 Å². The molecule has 0 bridgehead atoms. The van der Waals surface area contributed by atoms with Gasteiger partial charge in [0.05, 0.1) is 11.5 Å². The first-order valence-corrected chi connectivity index (χ1v) is 8.51. The van der Waals surface area contributed by atoms with Gasteiger partial charge in [0.1, 0.15) is 0 Å². The summed E-state index contributed by atoms with van der Waals surface area (Å²) in [4.78, 5) is 0. The Kier molecular flexibility index (Phi) is 6.38. The first-order valence-electron chi connectivity index (χ1n) is 8.07. The van der Waals surface area contributed by atoms with Crippen LogP contribution in [0.3, 0.4) is 0 Å². The molecule has 0 aliphatic heterocycles. The lowest BCUT2D eigenvalue weighted by atomic mass is 9.78. The van der Waals surface area contributed by atoms with Crippen LogP contribution < -0.4 is 0 Å². The van der Waals surface area contributed by atoms with E-state index in [1.54, 1.807) is 0 Å².